The van der Waals surface area contributed by atoms with Crippen LogP contribution in [-0.4, -0.2) is 34.8 Å². The number of hydrogen-bond acceptors (Lipinski definition) is 4. The Balaban J connectivity index is 2.76. The van der Waals surface area contributed by atoms with Gasteiger partial charge in [-0.1, -0.05) is 11.6 Å². The maximum absolute atomic E-state index is 9.15. The Kier molecular flexibility index (Phi) is 3.45. The van der Waals surface area contributed by atoms with Crippen molar-refractivity contribution < 1.29 is 5.11 Å². The van der Waals surface area contributed by atoms with E-state index in [2.05, 4.69) is 9.97 Å². The molecule has 4 nitrogen and oxygen atoms in total. The summed E-state index contributed by atoms with van der Waals surface area (Å²) in [5.74, 6) is 0.637. The summed E-state index contributed by atoms with van der Waals surface area (Å²) in [6, 6.07) is 0. The fourth-order valence-corrected chi connectivity index (χ4v) is 1.32. The number of aromatic nitrogens is 2. The lowest BCUT2D eigenvalue weighted by Gasteiger charge is -2.19. The van der Waals surface area contributed by atoms with Gasteiger partial charge in [-0.2, -0.15) is 0 Å². The molecular formula is C8H12ClN3O. The van der Waals surface area contributed by atoms with Crippen LogP contribution in [0.3, 0.4) is 0 Å². The predicted octanol–water partition coefficient (Wildman–Crippen LogP) is 0.947. The van der Waals surface area contributed by atoms with Crippen LogP contribution >= 0.6 is 11.6 Å². The normalized spacial score (nSPS) is 12.6. The largest absolute Gasteiger partial charge is 0.392 e. The molecule has 1 aromatic rings. The van der Waals surface area contributed by atoms with Gasteiger partial charge in [0.2, 0.25) is 0 Å². The van der Waals surface area contributed by atoms with Crippen LogP contribution < -0.4 is 4.90 Å². The highest BCUT2D eigenvalue weighted by atomic mass is 35.5. The van der Waals surface area contributed by atoms with Crippen LogP contribution in [0.15, 0.2) is 12.5 Å². The molecule has 72 valence electrons. The van der Waals surface area contributed by atoms with E-state index in [1.807, 2.05) is 7.05 Å². The third kappa shape index (κ3) is 2.82. The molecule has 0 spiro atoms. The molecule has 0 radical (unpaired) electrons. The third-order valence-electron chi connectivity index (χ3n) is 1.55. The Morgan fingerprint density at radius 2 is 2.38 bits per heavy atom. The van der Waals surface area contributed by atoms with Gasteiger partial charge in [0.05, 0.1) is 12.3 Å². The number of rotatable bonds is 3. The van der Waals surface area contributed by atoms with Gasteiger partial charge in [-0.3, -0.25) is 0 Å². The smallest absolute Gasteiger partial charge is 0.150 e. The van der Waals surface area contributed by atoms with Gasteiger partial charge in [0.25, 0.3) is 0 Å². The first-order valence-corrected chi connectivity index (χ1v) is 4.33. The summed E-state index contributed by atoms with van der Waals surface area (Å²) in [6.07, 6.45) is 2.55. The van der Waals surface area contributed by atoms with E-state index < -0.39 is 6.10 Å². The van der Waals surface area contributed by atoms with Crippen molar-refractivity contribution in [3.63, 3.8) is 0 Å². The molecule has 1 heterocycles. The topological polar surface area (TPSA) is 49.2 Å². The molecule has 1 atom stereocenters. The molecule has 0 aliphatic rings. The standard InChI is InChI=1S/C8H12ClN3O/c1-6(13)4-12(2)8-7(9)3-10-5-11-8/h3,5-6,13H,4H2,1-2H3. The van der Waals surface area contributed by atoms with Crippen LogP contribution in [0.5, 0.6) is 0 Å². The number of nitrogens with zero attached hydrogens (tertiary/aromatic N) is 3. The van der Waals surface area contributed by atoms with E-state index >= 15 is 0 Å². The summed E-state index contributed by atoms with van der Waals surface area (Å²) >= 11 is 5.85. The molecule has 0 saturated heterocycles. The van der Waals surface area contributed by atoms with E-state index in [0.29, 0.717) is 17.4 Å². The zero-order chi connectivity index (χ0) is 9.84. The molecule has 1 unspecified atom stereocenters. The highest BCUT2D eigenvalue weighted by Crippen LogP contribution is 2.19. The maximum Gasteiger partial charge on any atom is 0.150 e. The lowest BCUT2D eigenvalue weighted by Crippen LogP contribution is -2.27. The minimum absolute atomic E-state index is 0.406. The molecule has 1 N–H and O–H groups in total. The van der Waals surface area contributed by atoms with E-state index in [4.69, 9.17) is 16.7 Å². The van der Waals surface area contributed by atoms with Crippen molar-refractivity contribution in [1.29, 1.82) is 0 Å². The van der Waals surface area contributed by atoms with E-state index in [0.717, 1.165) is 0 Å². The number of aliphatic hydroxyl groups is 1. The van der Waals surface area contributed by atoms with Crippen LogP contribution in [0, 0.1) is 0 Å². The van der Waals surface area contributed by atoms with Crippen molar-refractivity contribution in [3.05, 3.63) is 17.5 Å². The van der Waals surface area contributed by atoms with E-state index in [1.54, 1.807) is 11.8 Å². The van der Waals surface area contributed by atoms with Crippen molar-refractivity contribution in [2.45, 2.75) is 13.0 Å². The number of aliphatic hydroxyl groups excluding tert-OH is 1. The van der Waals surface area contributed by atoms with Crippen molar-refractivity contribution in [3.8, 4) is 0 Å². The van der Waals surface area contributed by atoms with Gasteiger partial charge >= 0.3 is 0 Å². The molecule has 0 amide bonds. The fraction of sp³-hybridized carbons (Fsp3) is 0.500. The molecule has 13 heavy (non-hydrogen) atoms. The number of halogens is 1. The van der Waals surface area contributed by atoms with Crippen molar-refractivity contribution in [2.24, 2.45) is 0 Å². The van der Waals surface area contributed by atoms with E-state index in [1.165, 1.54) is 12.5 Å². The Morgan fingerprint density at radius 1 is 1.69 bits per heavy atom. The Hall–Kier alpha value is -0.870. The van der Waals surface area contributed by atoms with Crippen LogP contribution in [0.4, 0.5) is 5.82 Å². The first-order valence-electron chi connectivity index (χ1n) is 3.96. The van der Waals surface area contributed by atoms with Gasteiger partial charge in [0.15, 0.2) is 5.82 Å². The minimum Gasteiger partial charge on any atom is -0.392 e. The van der Waals surface area contributed by atoms with Crippen LogP contribution in [0.2, 0.25) is 5.02 Å². The van der Waals surface area contributed by atoms with Gasteiger partial charge in [0.1, 0.15) is 11.3 Å². The number of anilines is 1. The lowest BCUT2D eigenvalue weighted by molar-refractivity contribution is 0.201. The van der Waals surface area contributed by atoms with E-state index in [9.17, 15) is 0 Å². The second-order valence-corrected chi connectivity index (χ2v) is 3.33. The van der Waals surface area contributed by atoms with Gasteiger partial charge in [-0.05, 0) is 6.92 Å². The summed E-state index contributed by atoms with van der Waals surface area (Å²) in [7, 11) is 1.82. The summed E-state index contributed by atoms with van der Waals surface area (Å²) in [4.78, 5) is 9.56. The monoisotopic (exact) mass is 201 g/mol. The first kappa shape index (κ1) is 10.2. The van der Waals surface area contributed by atoms with Crippen molar-refractivity contribution in [2.75, 3.05) is 18.5 Å². The molecule has 1 aromatic heterocycles. The number of likely N-dealkylation sites (N-methyl/N-ethyl adjacent to an activating group) is 1. The van der Waals surface area contributed by atoms with Crippen LogP contribution in [0.1, 0.15) is 6.92 Å². The zero-order valence-electron chi connectivity index (χ0n) is 7.61. The van der Waals surface area contributed by atoms with Gasteiger partial charge < -0.3 is 10.0 Å². The quantitative estimate of drug-likeness (QED) is 0.791. The van der Waals surface area contributed by atoms with Crippen molar-refractivity contribution in [1.82, 2.24) is 9.97 Å². The van der Waals surface area contributed by atoms with Gasteiger partial charge in [0, 0.05) is 13.6 Å². The average molecular weight is 202 g/mol. The van der Waals surface area contributed by atoms with Crippen LogP contribution in [0.25, 0.3) is 0 Å². The second kappa shape index (κ2) is 4.39. The van der Waals surface area contributed by atoms with Gasteiger partial charge in [-0.15, -0.1) is 0 Å². The van der Waals surface area contributed by atoms with Crippen molar-refractivity contribution >= 4 is 17.4 Å². The van der Waals surface area contributed by atoms with Gasteiger partial charge in [-0.25, -0.2) is 9.97 Å². The zero-order valence-corrected chi connectivity index (χ0v) is 8.36. The van der Waals surface area contributed by atoms with E-state index in [-0.39, 0.29) is 0 Å². The molecule has 0 aliphatic heterocycles. The SMILES string of the molecule is CC(O)CN(C)c1ncncc1Cl. The number of hydrogen-bond donors (Lipinski definition) is 1. The molecule has 0 saturated carbocycles. The summed E-state index contributed by atoms with van der Waals surface area (Å²) in [5.41, 5.74) is 0. The molecule has 0 fully saturated rings. The highest BCUT2D eigenvalue weighted by Gasteiger charge is 2.08. The minimum atomic E-state index is -0.406. The maximum atomic E-state index is 9.15. The summed E-state index contributed by atoms with van der Waals surface area (Å²) in [6.45, 7) is 2.21. The molecule has 5 heteroatoms. The first-order chi connectivity index (χ1) is 6.11. The predicted molar refractivity (Wildman–Crippen MR) is 52.0 cm³/mol. The molecule has 0 bridgehead atoms. The third-order valence-corrected chi connectivity index (χ3v) is 1.81. The fourth-order valence-electron chi connectivity index (χ4n) is 1.07. The lowest BCUT2D eigenvalue weighted by atomic mass is 10.4. The molecule has 0 aliphatic carbocycles. The molecule has 0 aromatic carbocycles. The molecule has 1 rings (SSSR count). The Morgan fingerprint density at radius 3 is 2.92 bits per heavy atom. The average Bonchev–Trinajstić information content (AvgIpc) is 2.03. The van der Waals surface area contributed by atoms with Crippen LogP contribution in [-0.2, 0) is 0 Å². The summed E-state index contributed by atoms with van der Waals surface area (Å²) in [5, 5.41) is 9.64. The molecular weight excluding hydrogens is 190 g/mol. The second-order valence-electron chi connectivity index (χ2n) is 2.92. The highest BCUT2D eigenvalue weighted by molar-refractivity contribution is 6.32. The Bertz CT molecular complexity index is 280. The Labute approximate surface area is 82.2 Å². The summed E-state index contributed by atoms with van der Waals surface area (Å²) < 4.78 is 0.